The molecule has 2 N–H and O–H groups in total. The van der Waals surface area contributed by atoms with Crippen molar-refractivity contribution in [2.45, 2.75) is 51.6 Å². The summed E-state index contributed by atoms with van der Waals surface area (Å²) in [5, 5.41) is 7.16. The van der Waals surface area contributed by atoms with Gasteiger partial charge in [0.15, 0.2) is 11.5 Å². The van der Waals surface area contributed by atoms with Gasteiger partial charge in [-0.25, -0.2) is 0 Å². The molecule has 0 spiro atoms. The number of anilines is 1. The molecule has 1 aliphatic heterocycles. The summed E-state index contributed by atoms with van der Waals surface area (Å²) in [5.41, 5.74) is 1.08. The van der Waals surface area contributed by atoms with Gasteiger partial charge in [-0.05, 0) is 51.8 Å². The minimum atomic E-state index is 0.434. The van der Waals surface area contributed by atoms with Crippen molar-refractivity contribution < 1.29 is 9.47 Å². The van der Waals surface area contributed by atoms with E-state index in [9.17, 15) is 0 Å². The molecule has 1 aromatic carbocycles. The van der Waals surface area contributed by atoms with Crippen molar-refractivity contribution in [2.75, 3.05) is 25.6 Å². The fourth-order valence-corrected chi connectivity index (χ4v) is 2.93. The van der Waals surface area contributed by atoms with Crippen LogP contribution in [0.25, 0.3) is 0 Å². The molecule has 0 radical (unpaired) electrons. The van der Waals surface area contributed by atoms with Gasteiger partial charge in [-0.3, -0.25) is 0 Å². The van der Waals surface area contributed by atoms with Gasteiger partial charge >= 0.3 is 0 Å². The second kappa shape index (κ2) is 8.13. The van der Waals surface area contributed by atoms with Gasteiger partial charge < -0.3 is 20.1 Å². The standard InChI is InChI=1S/C17H28N2O2/c1-4-21-16-9-8-15(12-17(16)20-3)19-13(2)11-14-7-5-6-10-18-14/h8-9,12-14,18-19H,4-7,10-11H2,1-3H3. The van der Waals surface area contributed by atoms with E-state index >= 15 is 0 Å². The molecule has 1 fully saturated rings. The van der Waals surface area contributed by atoms with E-state index in [0.717, 1.165) is 30.2 Å². The molecular formula is C17H28N2O2. The largest absolute Gasteiger partial charge is 0.493 e. The average Bonchev–Trinajstić information content (AvgIpc) is 2.50. The Hall–Kier alpha value is -1.42. The summed E-state index contributed by atoms with van der Waals surface area (Å²) >= 11 is 0. The van der Waals surface area contributed by atoms with Gasteiger partial charge in [0.05, 0.1) is 13.7 Å². The minimum Gasteiger partial charge on any atom is -0.493 e. The molecule has 0 saturated carbocycles. The summed E-state index contributed by atoms with van der Waals surface area (Å²) in [7, 11) is 1.68. The fraction of sp³-hybridized carbons (Fsp3) is 0.647. The average molecular weight is 292 g/mol. The van der Waals surface area contributed by atoms with E-state index in [4.69, 9.17) is 9.47 Å². The lowest BCUT2D eigenvalue weighted by atomic mass is 9.98. The Morgan fingerprint density at radius 2 is 2.19 bits per heavy atom. The first-order valence-corrected chi connectivity index (χ1v) is 8.03. The van der Waals surface area contributed by atoms with Crippen LogP contribution in [-0.4, -0.2) is 32.3 Å². The zero-order valence-electron chi connectivity index (χ0n) is 13.4. The van der Waals surface area contributed by atoms with Crippen LogP contribution >= 0.6 is 0 Å². The van der Waals surface area contributed by atoms with Crippen LogP contribution in [0.2, 0.25) is 0 Å². The Balaban J connectivity index is 1.91. The Bertz CT molecular complexity index is 431. The first kappa shape index (κ1) is 16.0. The van der Waals surface area contributed by atoms with E-state index in [1.165, 1.54) is 19.3 Å². The highest BCUT2D eigenvalue weighted by Crippen LogP contribution is 2.30. The molecule has 0 amide bonds. The van der Waals surface area contributed by atoms with Crippen molar-refractivity contribution in [1.82, 2.24) is 5.32 Å². The third-order valence-corrected chi connectivity index (χ3v) is 3.93. The number of benzene rings is 1. The number of methoxy groups -OCH3 is 1. The van der Waals surface area contributed by atoms with Gasteiger partial charge in [0.25, 0.3) is 0 Å². The van der Waals surface area contributed by atoms with E-state index in [2.05, 4.69) is 23.6 Å². The number of ether oxygens (including phenoxy) is 2. The van der Waals surface area contributed by atoms with Gasteiger partial charge in [0, 0.05) is 23.8 Å². The normalized spacial score (nSPS) is 19.9. The van der Waals surface area contributed by atoms with Crippen LogP contribution in [0, 0.1) is 0 Å². The molecule has 118 valence electrons. The highest BCUT2D eigenvalue weighted by Gasteiger charge is 2.16. The minimum absolute atomic E-state index is 0.434. The van der Waals surface area contributed by atoms with Crippen molar-refractivity contribution in [3.05, 3.63) is 18.2 Å². The number of hydrogen-bond donors (Lipinski definition) is 2. The Labute approximate surface area is 128 Å². The Morgan fingerprint density at radius 3 is 2.86 bits per heavy atom. The van der Waals surface area contributed by atoms with Gasteiger partial charge in [0.2, 0.25) is 0 Å². The van der Waals surface area contributed by atoms with Crippen molar-refractivity contribution >= 4 is 5.69 Å². The lowest BCUT2D eigenvalue weighted by molar-refractivity contribution is 0.311. The van der Waals surface area contributed by atoms with Crippen molar-refractivity contribution in [3.63, 3.8) is 0 Å². The number of hydrogen-bond acceptors (Lipinski definition) is 4. The van der Waals surface area contributed by atoms with Crippen molar-refractivity contribution in [2.24, 2.45) is 0 Å². The highest BCUT2D eigenvalue weighted by atomic mass is 16.5. The third-order valence-electron chi connectivity index (χ3n) is 3.93. The maximum atomic E-state index is 5.55. The summed E-state index contributed by atoms with van der Waals surface area (Å²) in [4.78, 5) is 0. The van der Waals surface area contributed by atoms with Crippen LogP contribution in [0.3, 0.4) is 0 Å². The quantitative estimate of drug-likeness (QED) is 0.808. The molecule has 4 nitrogen and oxygen atoms in total. The summed E-state index contributed by atoms with van der Waals surface area (Å²) in [6, 6.07) is 7.11. The van der Waals surface area contributed by atoms with E-state index in [1.807, 2.05) is 19.1 Å². The highest BCUT2D eigenvalue weighted by molar-refractivity contribution is 5.55. The third kappa shape index (κ3) is 4.81. The monoisotopic (exact) mass is 292 g/mol. The zero-order valence-corrected chi connectivity index (χ0v) is 13.4. The molecule has 4 heteroatoms. The fourth-order valence-electron chi connectivity index (χ4n) is 2.93. The zero-order chi connectivity index (χ0) is 15.1. The van der Waals surface area contributed by atoms with Gasteiger partial charge in [0.1, 0.15) is 0 Å². The molecule has 1 heterocycles. The lowest BCUT2D eigenvalue weighted by Crippen LogP contribution is -2.37. The summed E-state index contributed by atoms with van der Waals surface area (Å²) in [6.45, 7) is 6.02. The van der Waals surface area contributed by atoms with E-state index in [-0.39, 0.29) is 0 Å². The van der Waals surface area contributed by atoms with Gasteiger partial charge in [-0.1, -0.05) is 6.42 Å². The smallest absolute Gasteiger partial charge is 0.162 e. The van der Waals surface area contributed by atoms with Crippen LogP contribution in [0.5, 0.6) is 11.5 Å². The topological polar surface area (TPSA) is 42.5 Å². The molecule has 2 unspecified atom stereocenters. The second-order valence-corrected chi connectivity index (χ2v) is 5.73. The molecule has 1 saturated heterocycles. The molecule has 1 aromatic rings. The van der Waals surface area contributed by atoms with Crippen molar-refractivity contribution in [3.8, 4) is 11.5 Å². The predicted octanol–water partition coefficient (Wildman–Crippen LogP) is 3.43. The Morgan fingerprint density at radius 1 is 1.33 bits per heavy atom. The van der Waals surface area contributed by atoms with E-state index in [0.29, 0.717) is 18.7 Å². The van der Waals surface area contributed by atoms with Crippen LogP contribution in [0.4, 0.5) is 5.69 Å². The maximum absolute atomic E-state index is 5.55. The molecule has 0 aromatic heterocycles. The molecule has 0 bridgehead atoms. The van der Waals surface area contributed by atoms with Gasteiger partial charge in [-0.2, -0.15) is 0 Å². The van der Waals surface area contributed by atoms with Crippen LogP contribution in [0.1, 0.15) is 39.5 Å². The molecule has 21 heavy (non-hydrogen) atoms. The van der Waals surface area contributed by atoms with Crippen LogP contribution < -0.4 is 20.1 Å². The summed E-state index contributed by atoms with van der Waals surface area (Å²) < 4.78 is 10.9. The van der Waals surface area contributed by atoms with Crippen LogP contribution in [-0.2, 0) is 0 Å². The SMILES string of the molecule is CCOc1ccc(NC(C)CC2CCCCN2)cc1OC. The summed E-state index contributed by atoms with van der Waals surface area (Å²) in [5.74, 6) is 1.58. The predicted molar refractivity (Wildman–Crippen MR) is 87.5 cm³/mol. The Kier molecular flexibility index (Phi) is 6.18. The van der Waals surface area contributed by atoms with E-state index < -0.39 is 0 Å². The van der Waals surface area contributed by atoms with Gasteiger partial charge in [-0.15, -0.1) is 0 Å². The first-order chi connectivity index (χ1) is 10.2. The van der Waals surface area contributed by atoms with Crippen molar-refractivity contribution in [1.29, 1.82) is 0 Å². The number of piperidine rings is 1. The lowest BCUT2D eigenvalue weighted by Gasteiger charge is -2.27. The number of rotatable bonds is 7. The van der Waals surface area contributed by atoms with Crippen LogP contribution in [0.15, 0.2) is 18.2 Å². The molecule has 1 aliphatic rings. The molecule has 0 aliphatic carbocycles. The number of nitrogens with one attached hydrogen (secondary N) is 2. The molecule has 2 rings (SSSR count). The van der Waals surface area contributed by atoms with E-state index in [1.54, 1.807) is 7.11 Å². The molecule has 2 atom stereocenters. The second-order valence-electron chi connectivity index (χ2n) is 5.73. The maximum Gasteiger partial charge on any atom is 0.162 e. The molecular weight excluding hydrogens is 264 g/mol. The summed E-state index contributed by atoms with van der Waals surface area (Å²) in [6.07, 6.45) is 5.10. The first-order valence-electron chi connectivity index (χ1n) is 8.03.